The average Bonchev–Trinajstić information content (AvgIpc) is 2.28. The smallest absolute Gasteiger partial charge is 0.253 e. The van der Waals surface area contributed by atoms with Crippen LogP contribution in [0.5, 0.6) is 0 Å². The molecule has 0 saturated carbocycles. The van der Waals surface area contributed by atoms with Crippen LogP contribution in [0, 0.1) is 0 Å². The fourth-order valence-electron chi connectivity index (χ4n) is 1.10. The van der Waals surface area contributed by atoms with Crippen molar-refractivity contribution in [3.8, 4) is 0 Å². The van der Waals surface area contributed by atoms with Crippen LogP contribution in [-0.2, 0) is 0 Å². The van der Waals surface area contributed by atoms with E-state index in [0.29, 0.717) is 11.4 Å². The zero-order valence-corrected chi connectivity index (χ0v) is 9.74. The second-order valence-corrected chi connectivity index (χ2v) is 4.18. The van der Waals surface area contributed by atoms with Gasteiger partial charge in [0.15, 0.2) is 0 Å². The number of hydrogen-bond acceptors (Lipinski definition) is 4. The van der Waals surface area contributed by atoms with E-state index < -0.39 is 5.54 Å². The molecule has 1 rings (SSSR count). The van der Waals surface area contributed by atoms with E-state index in [9.17, 15) is 4.79 Å². The summed E-state index contributed by atoms with van der Waals surface area (Å²) in [6.07, 6.45) is 1.49. The first kappa shape index (κ1) is 12.4. The zero-order valence-electron chi connectivity index (χ0n) is 9.74. The quantitative estimate of drug-likeness (QED) is 0.699. The van der Waals surface area contributed by atoms with Crippen LogP contribution >= 0.6 is 0 Å². The van der Waals surface area contributed by atoms with E-state index in [0.717, 1.165) is 0 Å². The number of nitrogens with zero attached hydrogens (tertiary/aromatic N) is 1. The van der Waals surface area contributed by atoms with Crippen LogP contribution < -0.4 is 10.6 Å². The van der Waals surface area contributed by atoms with Crippen LogP contribution in [0.25, 0.3) is 0 Å². The van der Waals surface area contributed by atoms with Gasteiger partial charge >= 0.3 is 0 Å². The monoisotopic (exact) mass is 223 g/mol. The van der Waals surface area contributed by atoms with Gasteiger partial charge in [0.25, 0.3) is 5.91 Å². The van der Waals surface area contributed by atoms with Crippen molar-refractivity contribution in [2.45, 2.75) is 19.4 Å². The molecule has 5 heteroatoms. The van der Waals surface area contributed by atoms with Gasteiger partial charge < -0.3 is 15.7 Å². The molecule has 0 fully saturated rings. The fraction of sp³-hybridized carbons (Fsp3) is 0.455. The SMILES string of the molecule is CNc1ccc(C(=O)NC(C)(C)CO)cn1. The largest absolute Gasteiger partial charge is 0.394 e. The Morgan fingerprint density at radius 2 is 2.19 bits per heavy atom. The Morgan fingerprint density at radius 1 is 1.50 bits per heavy atom. The molecule has 1 aromatic rings. The van der Waals surface area contributed by atoms with Crippen molar-refractivity contribution in [3.05, 3.63) is 23.9 Å². The third-order valence-electron chi connectivity index (χ3n) is 2.13. The molecule has 0 bridgehead atoms. The molecule has 0 aromatic carbocycles. The third-order valence-corrected chi connectivity index (χ3v) is 2.13. The first-order valence-electron chi connectivity index (χ1n) is 5.06. The summed E-state index contributed by atoms with van der Waals surface area (Å²) in [6, 6.07) is 3.41. The molecule has 0 radical (unpaired) electrons. The summed E-state index contributed by atoms with van der Waals surface area (Å²) in [4.78, 5) is 15.8. The summed E-state index contributed by atoms with van der Waals surface area (Å²) in [7, 11) is 1.76. The van der Waals surface area contributed by atoms with Crippen molar-refractivity contribution in [2.75, 3.05) is 19.0 Å². The fourth-order valence-corrected chi connectivity index (χ4v) is 1.10. The second-order valence-electron chi connectivity index (χ2n) is 4.18. The van der Waals surface area contributed by atoms with E-state index in [1.807, 2.05) is 0 Å². The maximum atomic E-state index is 11.7. The molecule has 88 valence electrons. The Balaban J connectivity index is 2.73. The molecule has 16 heavy (non-hydrogen) atoms. The van der Waals surface area contributed by atoms with Crippen LogP contribution in [0.1, 0.15) is 24.2 Å². The summed E-state index contributed by atoms with van der Waals surface area (Å²) in [5.74, 6) is 0.465. The highest BCUT2D eigenvalue weighted by atomic mass is 16.3. The Hall–Kier alpha value is -1.62. The lowest BCUT2D eigenvalue weighted by Crippen LogP contribution is -2.46. The van der Waals surface area contributed by atoms with Gasteiger partial charge in [0, 0.05) is 13.2 Å². The lowest BCUT2D eigenvalue weighted by Gasteiger charge is -2.23. The van der Waals surface area contributed by atoms with Gasteiger partial charge in [-0.3, -0.25) is 4.79 Å². The van der Waals surface area contributed by atoms with E-state index >= 15 is 0 Å². The summed E-state index contributed by atoms with van der Waals surface area (Å²) in [5.41, 5.74) is -0.154. The molecule has 0 atom stereocenters. The molecule has 0 saturated heterocycles. The van der Waals surface area contributed by atoms with Crippen molar-refractivity contribution < 1.29 is 9.90 Å². The van der Waals surface area contributed by atoms with Gasteiger partial charge in [-0.25, -0.2) is 4.98 Å². The lowest BCUT2D eigenvalue weighted by molar-refractivity contribution is 0.0869. The third kappa shape index (κ3) is 3.20. The van der Waals surface area contributed by atoms with Gasteiger partial charge in [-0.05, 0) is 26.0 Å². The predicted molar refractivity (Wildman–Crippen MR) is 62.4 cm³/mol. The molecule has 1 amide bonds. The molecule has 5 nitrogen and oxygen atoms in total. The Bertz CT molecular complexity index is 360. The van der Waals surface area contributed by atoms with E-state index in [-0.39, 0.29) is 12.5 Å². The van der Waals surface area contributed by atoms with Crippen molar-refractivity contribution in [3.63, 3.8) is 0 Å². The van der Waals surface area contributed by atoms with Crippen LogP contribution in [0.4, 0.5) is 5.82 Å². The number of hydrogen-bond donors (Lipinski definition) is 3. The number of anilines is 1. The number of carbonyl (C=O) groups is 1. The number of nitrogens with one attached hydrogen (secondary N) is 2. The van der Waals surface area contributed by atoms with E-state index in [2.05, 4.69) is 15.6 Å². The summed E-state index contributed by atoms with van der Waals surface area (Å²) >= 11 is 0. The predicted octanol–water partition coefficient (Wildman–Crippen LogP) is 0.624. The highest BCUT2D eigenvalue weighted by Crippen LogP contribution is 2.06. The van der Waals surface area contributed by atoms with E-state index in [4.69, 9.17) is 5.11 Å². The van der Waals surface area contributed by atoms with Crippen molar-refractivity contribution in [2.24, 2.45) is 0 Å². The zero-order chi connectivity index (χ0) is 12.2. The van der Waals surface area contributed by atoms with E-state index in [1.54, 1.807) is 33.0 Å². The number of aliphatic hydroxyl groups excluding tert-OH is 1. The van der Waals surface area contributed by atoms with Gasteiger partial charge in [0.1, 0.15) is 5.82 Å². The molecule has 0 spiro atoms. The Morgan fingerprint density at radius 3 is 2.62 bits per heavy atom. The van der Waals surface area contributed by atoms with Gasteiger partial charge in [0.2, 0.25) is 0 Å². The van der Waals surface area contributed by atoms with Gasteiger partial charge in [-0.15, -0.1) is 0 Å². The Labute approximate surface area is 94.9 Å². The van der Waals surface area contributed by atoms with E-state index in [1.165, 1.54) is 6.20 Å². The van der Waals surface area contributed by atoms with Gasteiger partial charge in [-0.1, -0.05) is 0 Å². The van der Waals surface area contributed by atoms with Gasteiger partial charge in [0.05, 0.1) is 17.7 Å². The number of amides is 1. The van der Waals surface area contributed by atoms with Crippen LogP contribution in [0.3, 0.4) is 0 Å². The number of aromatic nitrogens is 1. The van der Waals surface area contributed by atoms with Crippen molar-refractivity contribution in [1.29, 1.82) is 0 Å². The van der Waals surface area contributed by atoms with Crippen molar-refractivity contribution >= 4 is 11.7 Å². The van der Waals surface area contributed by atoms with Crippen LogP contribution in [0.15, 0.2) is 18.3 Å². The first-order chi connectivity index (χ1) is 7.48. The lowest BCUT2D eigenvalue weighted by atomic mass is 10.1. The van der Waals surface area contributed by atoms with Crippen LogP contribution in [-0.4, -0.2) is 35.2 Å². The molecule has 1 heterocycles. The molecular formula is C11H17N3O2. The summed E-state index contributed by atoms with van der Waals surface area (Å²) in [5, 5.41) is 14.6. The number of carbonyl (C=O) groups excluding carboxylic acids is 1. The molecular weight excluding hydrogens is 206 g/mol. The van der Waals surface area contributed by atoms with Crippen LogP contribution in [0.2, 0.25) is 0 Å². The standard InChI is InChI=1S/C11H17N3O2/c1-11(2,7-15)14-10(16)8-4-5-9(12-3)13-6-8/h4-6,15H,7H2,1-3H3,(H,12,13)(H,14,16). The normalized spacial score (nSPS) is 11.0. The maximum absolute atomic E-state index is 11.7. The minimum absolute atomic E-state index is 0.110. The van der Waals surface area contributed by atoms with Gasteiger partial charge in [-0.2, -0.15) is 0 Å². The first-order valence-corrected chi connectivity index (χ1v) is 5.06. The summed E-state index contributed by atoms with van der Waals surface area (Å²) in [6.45, 7) is 3.39. The van der Waals surface area contributed by atoms with Crippen molar-refractivity contribution in [1.82, 2.24) is 10.3 Å². The molecule has 1 aromatic heterocycles. The number of aliphatic hydroxyl groups is 1. The number of rotatable bonds is 4. The molecule has 0 aliphatic carbocycles. The minimum Gasteiger partial charge on any atom is -0.394 e. The minimum atomic E-state index is -0.626. The molecule has 0 unspecified atom stereocenters. The maximum Gasteiger partial charge on any atom is 0.253 e. The number of pyridine rings is 1. The highest BCUT2D eigenvalue weighted by Gasteiger charge is 2.19. The topological polar surface area (TPSA) is 74.2 Å². The molecule has 0 aliphatic heterocycles. The molecule has 0 aliphatic rings. The highest BCUT2D eigenvalue weighted by molar-refractivity contribution is 5.94. The Kier molecular flexibility index (Phi) is 3.84. The second kappa shape index (κ2) is 4.94. The molecule has 3 N–H and O–H groups in total. The average molecular weight is 223 g/mol. The summed E-state index contributed by atoms with van der Waals surface area (Å²) < 4.78 is 0.